The fourth-order valence-electron chi connectivity index (χ4n) is 3.55. The molecule has 1 atom stereocenters. The van der Waals surface area contributed by atoms with Crippen LogP contribution in [0.15, 0.2) is 29.8 Å². The number of allylic oxidation sites excluding steroid dienone is 1. The van der Waals surface area contributed by atoms with Crippen molar-refractivity contribution in [3.05, 3.63) is 40.4 Å². The Balaban J connectivity index is 1.77. The summed E-state index contributed by atoms with van der Waals surface area (Å²) in [6, 6.07) is 7.73. The first-order valence-corrected chi connectivity index (χ1v) is 7.62. The van der Waals surface area contributed by atoms with Crippen molar-refractivity contribution in [3.8, 4) is 0 Å². The topological polar surface area (TPSA) is 17.1 Å². The van der Waals surface area contributed by atoms with Crippen LogP contribution in [0, 0.1) is 11.8 Å². The van der Waals surface area contributed by atoms with Crippen LogP contribution in [-0.4, -0.2) is 5.78 Å². The second-order valence-corrected chi connectivity index (χ2v) is 6.21. The van der Waals surface area contributed by atoms with Crippen LogP contribution in [-0.2, 0) is 4.79 Å². The van der Waals surface area contributed by atoms with E-state index in [9.17, 15) is 4.79 Å². The fourth-order valence-corrected chi connectivity index (χ4v) is 3.75. The van der Waals surface area contributed by atoms with Crippen molar-refractivity contribution in [2.45, 2.75) is 38.5 Å². The van der Waals surface area contributed by atoms with Gasteiger partial charge in [0.15, 0.2) is 5.78 Å². The molecule has 100 valence electrons. The zero-order valence-electron chi connectivity index (χ0n) is 11.1. The van der Waals surface area contributed by atoms with E-state index in [1.165, 1.54) is 25.7 Å². The summed E-state index contributed by atoms with van der Waals surface area (Å²) < 4.78 is 0. The number of halogens is 1. The molecule has 2 aliphatic rings. The van der Waals surface area contributed by atoms with Crippen LogP contribution in [0.25, 0.3) is 6.08 Å². The second kappa shape index (κ2) is 5.50. The Morgan fingerprint density at radius 1 is 1.16 bits per heavy atom. The van der Waals surface area contributed by atoms with E-state index in [0.29, 0.717) is 17.6 Å². The molecule has 1 unspecified atom stereocenters. The molecule has 1 aromatic carbocycles. The molecule has 0 amide bonds. The van der Waals surface area contributed by atoms with Crippen molar-refractivity contribution >= 4 is 23.5 Å². The standard InChI is InChI=1S/C17H19ClO/c18-15-7-3-4-12(11-15)10-14-8-9-16(17(14)19)13-5-1-2-6-13/h3-4,7,10-11,13,16H,1-2,5-6,8-9H2. The number of carbonyl (C=O) groups excluding carboxylic acids is 1. The van der Waals surface area contributed by atoms with Gasteiger partial charge in [0.05, 0.1) is 0 Å². The van der Waals surface area contributed by atoms with E-state index in [1.807, 2.05) is 30.3 Å². The molecule has 0 radical (unpaired) electrons. The molecule has 19 heavy (non-hydrogen) atoms. The molecule has 0 heterocycles. The Bertz CT molecular complexity index is 512. The number of ketones is 1. The van der Waals surface area contributed by atoms with E-state index in [1.54, 1.807) is 0 Å². The van der Waals surface area contributed by atoms with Gasteiger partial charge in [0.1, 0.15) is 0 Å². The summed E-state index contributed by atoms with van der Waals surface area (Å²) in [4.78, 5) is 12.5. The molecule has 2 aliphatic carbocycles. The lowest BCUT2D eigenvalue weighted by Gasteiger charge is -2.15. The molecule has 1 aromatic rings. The first kappa shape index (κ1) is 12.9. The maximum Gasteiger partial charge on any atom is 0.162 e. The van der Waals surface area contributed by atoms with Crippen LogP contribution >= 0.6 is 11.6 Å². The van der Waals surface area contributed by atoms with Gasteiger partial charge in [0.2, 0.25) is 0 Å². The summed E-state index contributed by atoms with van der Waals surface area (Å²) in [6.45, 7) is 0. The van der Waals surface area contributed by atoms with Crippen LogP contribution in [0.2, 0.25) is 5.02 Å². The lowest BCUT2D eigenvalue weighted by atomic mass is 9.88. The van der Waals surface area contributed by atoms with Crippen molar-refractivity contribution in [1.29, 1.82) is 0 Å². The van der Waals surface area contributed by atoms with Gasteiger partial charge in [0.25, 0.3) is 0 Å². The molecule has 2 saturated carbocycles. The minimum atomic E-state index is 0.299. The summed E-state index contributed by atoms with van der Waals surface area (Å²) >= 11 is 5.98. The highest BCUT2D eigenvalue weighted by molar-refractivity contribution is 6.30. The van der Waals surface area contributed by atoms with Crippen molar-refractivity contribution in [3.63, 3.8) is 0 Å². The SMILES string of the molecule is O=C1C(=Cc2cccc(Cl)c2)CCC1C1CCCC1. The van der Waals surface area contributed by atoms with Gasteiger partial charge in [-0.2, -0.15) is 0 Å². The van der Waals surface area contributed by atoms with E-state index >= 15 is 0 Å². The van der Waals surface area contributed by atoms with Gasteiger partial charge < -0.3 is 0 Å². The van der Waals surface area contributed by atoms with E-state index in [4.69, 9.17) is 11.6 Å². The van der Waals surface area contributed by atoms with Gasteiger partial charge in [-0.05, 0) is 60.9 Å². The zero-order chi connectivity index (χ0) is 13.2. The molecule has 2 fully saturated rings. The van der Waals surface area contributed by atoms with E-state index in [2.05, 4.69) is 0 Å². The lowest BCUT2D eigenvalue weighted by molar-refractivity contribution is -0.119. The number of hydrogen-bond acceptors (Lipinski definition) is 1. The van der Waals surface area contributed by atoms with Crippen LogP contribution in [0.4, 0.5) is 0 Å². The van der Waals surface area contributed by atoms with Gasteiger partial charge >= 0.3 is 0 Å². The van der Waals surface area contributed by atoms with Crippen molar-refractivity contribution in [2.75, 3.05) is 0 Å². The minimum absolute atomic E-state index is 0.299. The average molecular weight is 275 g/mol. The predicted octanol–water partition coefficient (Wildman–Crippen LogP) is 4.89. The lowest BCUT2D eigenvalue weighted by Crippen LogP contribution is -2.16. The minimum Gasteiger partial charge on any atom is -0.294 e. The Morgan fingerprint density at radius 2 is 1.95 bits per heavy atom. The molecule has 0 saturated heterocycles. The van der Waals surface area contributed by atoms with Gasteiger partial charge in [-0.15, -0.1) is 0 Å². The van der Waals surface area contributed by atoms with Gasteiger partial charge in [-0.1, -0.05) is 36.6 Å². The Hall–Kier alpha value is -1.08. The highest BCUT2D eigenvalue weighted by Gasteiger charge is 2.36. The molecule has 0 aromatic heterocycles. The molecule has 1 nitrogen and oxygen atoms in total. The van der Waals surface area contributed by atoms with Gasteiger partial charge in [-0.3, -0.25) is 4.79 Å². The molecule has 0 spiro atoms. The summed E-state index contributed by atoms with van der Waals surface area (Å²) in [6.07, 6.45) is 9.14. The monoisotopic (exact) mass is 274 g/mol. The molecule has 2 heteroatoms. The van der Waals surface area contributed by atoms with Crippen LogP contribution < -0.4 is 0 Å². The Morgan fingerprint density at radius 3 is 2.68 bits per heavy atom. The number of hydrogen-bond donors (Lipinski definition) is 0. The van der Waals surface area contributed by atoms with Crippen LogP contribution in [0.1, 0.15) is 44.1 Å². The number of benzene rings is 1. The smallest absolute Gasteiger partial charge is 0.162 e. The molecular weight excluding hydrogens is 256 g/mol. The van der Waals surface area contributed by atoms with Crippen molar-refractivity contribution in [1.82, 2.24) is 0 Å². The van der Waals surface area contributed by atoms with Crippen molar-refractivity contribution < 1.29 is 4.79 Å². The third-order valence-corrected chi connectivity index (χ3v) is 4.77. The average Bonchev–Trinajstić information content (AvgIpc) is 3.01. The van der Waals surface area contributed by atoms with Gasteiger partial charge in [0, 0.05) is 10.9 Å². The second-order valence-electron chi connectivity index (χ2n) is 5.78. The molecule has 0 bridgehead atoms. The molecule has 0 N–H and O–H groups in total. The maximum absolute atomic E-state index is 12.5. The van der Waals surface area contributed by atoms with Crippen molar-refractivity contribution in [2.24, 2.45) is 11.8 Å². The maximum atomic E-state index is 12.5. The summed E-state index contributed by atoms with van der Waals surface area (Å²) in [5.74, 6) is 1.34. The largest absolute Gasteiger partial charge is 0.294 e. The zero-order valence-corrected chi connectivity index (χ0v) is 11.8. The van der Waals surface area contributed by atoms with E-state index < -0.39 is 0 Å². The molecule has 3 rings (SSSR count). The Labute approximate surface area is 119 Å². The highest BCUT2D eigenvalue weighted by Crippen LogP contribution is 2.40. The van der Waals surface area contributed by atoms with E-state index in [0.717, 1.165) is 29.0 Å². The predicted molar refractivity (Wildman–Crippen MR) is 79.1 cm³/mol. The quantitative estimate of drug-likeness (QED) is 0.702. The summed E-state index contributed by atoms with van der Waals surface area (Å²) in [5, 5.41) is 0.729. The van der Waals surface area contributed by atoms with Crippen LogP contribution in [0.5, 0.6) is 0 Å². The number of carbonyl (C=O) groups is 1. The van der Waals surface area contributed by atoms with Gasteiger partial charge in [-0.25, -0.2) is 0 Å². The normalized spacial score (nSPS) is 26.5. The molecule has 0 aliphatic heterocycles. The Kier molecular flexibility index (Phi) is 3.74. The first-order valence-electron chi connectivity index (χ1n) is 7.24. The third kappa shape index (κ3) is 2.76. The summed E-state index contributed by atoms with van der Waals surface area (Å²) in [7, 11) is 0. The summed E-state index contributed by atoms with van der Waals surface area (Å²) in [5.41, 5.74) is 2.04. The van der Waals surface area contributed by atoms with E-state index in [-0.39, 0.29) is 0 Å². The molecular formula is C17H19ClO. The fraction of sp³-hybridized carbons (Fsp3) is 0.471. The number of rotatable bonds is 2. The third-order valence-electron chi connectivity index (χ3n) is 4.54. The van der Waals surface area contributed by atoms with Crippen LogP contribution in [0.3, 0.4) is 0 Å². The number of Topliss-reactive ketones (excluding diaryl/α,β-unsaturated/α-hetero) is 1. The highest BCUT2D eigenvalue weighted by atomic mass is 35.5. The first-order chi connectivity index (χ1) is 9.24.